The molecule has 1 aliphatic rings. The predicted molar refractivity (Wildman–Crippen MR) is 121 cm³/mol. The second kappa shape index (κ2) is 8.90. The summed E-state index contributed by atoms with van der Waals surface area (Å²) in [4.78, 5) is 0. The van der Waals surface area contributed by atoms with Crippen molar-refractivity contribution in [2.24, 2.45) is 5.92 Å². The van der Waals surface area contributed by atoms with E-state index in [1.807, 2.05) is 36.4 Å². The highest BCUT2D eigenvalue weighted by Gasteiger charge is 2.52. The highest BCUT2D eigenvalue weighted by Crippen LogP contribution is 2.40. The summed E-state index contributed by atoms with van der Waals surface area (Å²) in [5, 5.41) is 2.07. The average Bonchev–Trinajstić information content (AvgIpc) is 2.67. The topological polar surface area (TPSA) is 63.6 Å². The summed E-state index contributed by atoms with van der Waals surface area (Å²) >= 11 is 0. The van der Waals surface area contributed by atoms with Gasteiger partial charge in [-0.2, -0.15) is 8.42 Å². The van der Waals surface area contributed by atoms with Crippen molar-refractivity contribution in [3.63, 3.8) is 0 Å². The number of alkyl halides is 1. The van der Waals surface area contributed by atoms with Crippen LogP contribution in [-0.4, -0.2) is 39.3 Å². The highest BCUT2D eigenvalue weighted by molar-refractivity contribution is 7.85. The van der Waals surface area contributed by atoms with Gasteiger partial charge in [-0.1, -0.05) is 81.4 Å². The first-order valence-corrected chi connectivity index (χ1v) is 13.9. The lowest BCUT2D eigenvalue weighted by molar-refractivity contribution is 0.0642. The van der Waals surface area contributed by atoms with Gasteiger partial charge in [0, 0.05) is 18.4 Å². The van der Waals surface area contributed by atoms with Crippen molar-refractivity contribution in [1.29, 1.82) is 0 Å². The maximum Gasteiger partial charge on any atom is 0.265 e. The normalized spacial score (nSPS) is 23.3. The fraction of sp³-hybridized carbons (Fsp3) is 0.478. The fourth-order valence-corrected chi connectivity index (χ4v) is 10.3. The van der Waals surface area contributed by atoms with Gasteiger partial charge in [-0.05, 0) is 28.3 Å². The Morgan fingerprint density at radius 1 is 1.00 bits per heavy atom. The third-order valence-corrected chi connectivity index (χ3v) is 12.0. The molecule has 0 unspecified atom stereocenters. The molecule has 0 amide bonds. The van der Waals surface area contributed by atoms with Gasteiger partial charge in [0.2, 0.25) is 0 Å². The van der Waals surface area contributed by atoms with Crippen LogP contribution in [0.1, 0.15) is 40.0 Å². The molecule has 30 heavy (non-hydrogen) atoms. The minimum Gasteiger partial charge on any atom is -0.404 e. The number of hydrogen-bond acceptors (Lipinski definition) is 3. The molecular formula is C23H31FO4SSi. The monoisotopic (exact) mass is 450 g/mol. The van der Waals surface area contributed by atoms with E-state index >= 15 is 0 Å². The third kappa shape index (κ3) is 5.02. The SMILES string of the molecule is CC(C)(C)[Si](O[C@@H]1CC[C@@H](CS(=O)(=O)O)[C@H](F)C1)(c1ccccc1)c1ccccc1. The molecule has 1 saturated carbocycles. The Hall–Kier alpha value is -1.54. The standard InChI is InChI=1S/C23H31FO4SSi/c1-23(2,3)30(20-10-6-4-7-11-20,21-12-8-5-9-13-21)28-19-15-14-18(22(24)16-19)17-29(25,26)27/h4-13,18-19,22H,14-17H2,1-3H3,(H,25,26,27)/t18-,19+,22+/m0/s1. The summed E-state index contributed by atoms with van der Waals surface area (Å²) in [5.74, 6) is -1.21. The van der Waals surface area contributed by atoms with E-state index in [-0.39, 0.29) is 17.6 Å². The minimum atomic E-state index is -4.19. The van der Waals surface area contributed by atoms with Crippen molar-refractivity contribution >= 4 is 28.8 Å². The zero-order valence-electron chi connectivity index (χ0n) is 17.8. The maximum absolute atomic E-state index is 14.9. The molecule has 0 saturated heterocycles. The van der Waals surface area contributed by atoms with Crippen LogP contribution in [0.25, 0.3) is 0 Å². The largest absolute Gasteiger partial charge is 0.404 e. The van der Waals surface area contributed by atoms with Crippen LogP contribution in [0.3, 0.4) is 0 Å². The van der Waals surface area contributed by atoms with Crippen molar-refractivity contribution < 1.29 is 21.8 Å². The van der Waals surface area contributed by atoms with Crippen LogP contribution in [0.4, 0.5) is 4.39 Å². The van der Waals surface area contributed by atoms with Crippen LogP contribution in [0.15, 0.2) is 60.7 Å². The smallest absolute Gasteiger partial charge is 0.265 e. The zero-order valence-corrected chi connectivity index (χ0v) is 19.6. The molecule has 0 spiro atoms. The average molecular weight is 451 g/mol. The summed E-state index contributed by atoms with van der Waals surface area (Å²) in [6, 6.07) is 20.4. The summed E-state index contributed by atoms with van der Waals surface area (Å²) in [7, 11) is -6.96. The van der Waals surface area contributed by atoms with Gasteiger partial charge >= 0.3 is 0 Å². The zero-order chi connectivity index (χ0) is 22.0. The van der Waals surface area contributed by atoms with Crippen LogP contribution in [0.5, 0.6) is 0 Å². The van der Waals surface area contributed by atoms with E-state index in [4.69, 9.17) is 8.98 Å². The van der Waals surface area contributed by atoms with Gasteiger partial charge in [0.25, 0.3) is 18.4 Å². The van der Waals surface area contributed by atoms with Gasteiger partial charge in [-0.25, -0.2) is 4.39 Å². The van der Waals surface area contributed by atoms with E-state index in [2.05, 4.69) is 45.0 Å². The highest BCUT2D eigenvalue weighted by atomic mass is 32.2. The van der Waals surface area contributed by atoms with E-state index in [0.717, 1.165) is 10.4 Å². The molecule has 1 N–H and O–H groups in total. The lowest BCUT2D eigenvalue weighted by Gasteiger charge is -2.46. The van der Waals surface area contributed by atoms with Crippen LogP contribution < -0.4 is 10.4 Å². The number of rotatable bonds is 6. The van der Waals surface area contributed by atoms with Crippen LogP contribution >= 0.6 is 0 Å². The maximum atomic E-state index is 14.9. The lowest BCUT2D eigenvalue weighted by Crippen LogP contribution is -2.68. The number of benzene rings is 2. The molecule has 164 valence electrons. The minimum absolute atomic E-state index is 0.144. The Bertz CT molecular complexity index is 889. The van der Waals surface area contributed by atoms with Gasteiger partial charge in [0.15, 0.2) is 0 Å². The van der Waals surface area contributed by atoms with Crippen LogP contribution in [0, 0.1) is 5.92 Å². The van der Waals surface area contributed by atoms with E-state index in [0.29, 0.717) is 12.8 Å². The summed E-state index contributed by atoms with van der Waals surface area (Å²) < 4.78 is 53.4. The summed E-state index contributed by atoms with van der Waals surface area (Å²) in [6.45, 7) is 6.53. The molecule has 2 aromatic rings. The van der Waals surface area contributed by atoms with Crippen molar-refractivity contribution in [3.05, 3.63) is 60.7 Å². The summed E-state index contributed by atoms with van der Waals surface area (Å²) in [5.41, 5.74) is 0. The first-order valence-electron chi connectivity index (χ1n) is 10.4. The molecule has 0 aliphatic heterocycles. The Labute approximate surface area is 180 Å². The van der Waals surface area contributed by atoms with Gasteiger partial charge in [-0.3, -0.25) is 4.55 Å². The fourth-order valence-electron chi connectivity index (χ4n) is 4.65. The second-order valence-corrected chi connectivity index (χ2v) is 15.0. The van der Waals surface area contributed by atoms with Gasteiger partial charge < -0.3 is 4.43 Å². The van der Waals surface area contributed by atoms with Crippen molar-refractivity contribution in [1.82, 2.24) is 0 Å². The van der Waals surface area contributed by atoms with Crippen molar-refractivity contribution in [2.75, 3.05) is 5.75 Å². The second-order valence-electron chi connectivity index (χ2n) is 9.24. The molecule has 3 rings (SSSR count). The van der Waals surface area contributed by atoms with E-state index in [1.54, 1.807) is 0 Å². The molecule has 1 aliphatic carbocycles. The lowest BCUT2D eigenvalue weighted by atomic mass is 9.87. The Kier molecular flexibility index (Phi) is 6.86. The number of halogens is 1. The Balaban J connectivity index is 1.97. The molecule has 0 bridgehead atoms. The molecule has 7 heteroatoms. The predicted octanol–water partition coefficient (Wildman–Crippen LogP) is 3.96. The van der Waals surface area contributed by atoms with Crippen LogP contribution in [-0.2, 0) is 14.5 Å². The van der Waals surface area contributed by atoms with Crippen LogP contribution in [0.2, 0.25) is 5.04 Å². The Morgan fingerprint density at radius 2 is 1.50 bits per heavy atom. The molecular weight excluding hydrogens is 419 g/mol. The van der Waals surface area contributed by atoms with Crippen molar-refractivity contribution in [2.45, 2.75) is 57.3 Å². The molecule has 4 nitrogen and oxygen atoms in total. The molecule has 2 aromatic carbocycles. The summed E-state index contributed by atoms with van der Waals surface area (Å²) in [6.07, 6.45) is -0.521. The Morgan fingerprint density at radius 3 is 1.90 bits per heavy atom. The first-order chi connectivity index (χ1) is 14.0. The van der Waals surface area contributed by atoms with E-state index in [9.17, 15) is 12.8 Å². The molecule has 0 heterocycles. The van der Waals surface area contributed by atoms with Crippen molar-refractivity contribution in [3.8, 4) is 0 Å². The number of hydrogen-bond donors (Lipinski definition) is 1. The quantitative estimate of drug-likeness (QED) is 0.535. The first kappa shape index (κ1) is 23.1. The van der Waals surface area contributed by atoms with Gasteiger partial charge in [0.05, 0.1) is 5.75 Å². The third-order valence-electron chi connectivity index (χ3n) is 6.04. The van der Waals surface area contributed by atoms with E-state index in [1.165, 1.54) is 0 Å². The van der Waals surface area contributed by atoms with E-state index < -0.39 is 36.3 Å². The molecule has 3 atom stereocenters. The van der Waals surface area contributed by atoms with Gasteiger partial charge in [0.1, 0.15) is 6.17 Å². The van der Waals surface area contributed by atoms with Gasteiger partial charge in [-0.15, -0.1) is 0 Å². The molecule has 1 fully saturated rings. The molecule has 0 aromatic heterocycles. The molecule has 0 radical (unpaired) electrons.